The minimum Gasteiger partial charge on any atom is -0.330 e. The van der Waals surface area contributed by atoms with Gasteiger partial charge in [-0.2, -0.15) is 0 Å². The van der Waals surface area contributed by atoms with E-state index in [0.29, 0.717) is 6.54 Å². The van der Waals surface area contributed by atoms with Crippen molar-refractivity contribution in [1.82, 2.24) is 14.8 Å². The zero-order chi connectivity index (χ0) is 11.5. The van der Waals surface area contributed by atoms with Crippen LogP contribution >= 0.6 is 0 Å². The second kappa shape index (κ2) is 4.45. The quantitative estimate of drug-likeness (QED) is 0.843. The maximum Gasteiger partial charge on any atom is 0.138 e. The fourth-order valence-corrected chi connectivity index (χ4v) is 1.84. The van der Waals surface area contributed by atoms with Gasteiger partial charge in [-0.15, -0.1) is 10.2 Å². The first kappa shape index (κ1) is 10.8. The van der Waals surface area contributed by atoms with Crippen molar-refractivity contribution in [3.8, 4) is 5.69 Å². The van der Waals surface area contributed by atoms with Crippen LogP contribution in [0.1, 0.15) is 17.0 Å². The molecule has 0 bridgehead atoms. The number of hydrogen-bond donors (Lipinski definition) is 1. The Morgan fingerprint density at radius 3 is 2.81 bits per heavy atom. The number of hydrogen-bond acceptors (Lipinski definition) is 3. The van der Waals surface area contributed by atoms with Crippen molar-refractivity contribution in [2.24, 2.45) is 5.73 Å². The van der Waals surface area contributed by atoms with Crippen LogP contribution < -0.4 is 5.73 Å². The normalized spacial score (nSPS) is 10.7. The summed E-state index contributed by atoms with van der Waals surface area (Å²) in [4.78, 5) is 0. The van der Waals surface area contributed by atoms with Crippen molar-refractivity contribution in [2.75, 3.05) is 6.54 Å². The SMILES string of the molecule is Cc1ccc(-n2cnnc2CCN)c(C)c1. The van der Waals surface area contributed by atoms with E-state index in [4.69, 9.17) is 5.73 Å². The van der Waals surface area contributed by atoms with Crippen LogP contribution in [0.2, 0.25) is 0 Å². The highest BCUT2D eigenvalue weighted by atomic mass is 15.3. The molecule has 4 heteroatoms. The summed E-state index contributed by atoms with van der Waals surface area (Å²) in [6.07, 6.45) is 2.48. The van der Waals surface area contributed by atoms with Gasteiger partial charge in [-0.05, 0) is 32.0 Å². The molecule has 2 rings (SSSR count). The fourth-order valence-electron chi connectivity index (χ4n) is 1.84. The Kier molecular flexibility index (Phi) is 3.01. The highest BCUT2D eigenvalue weighted by Gasteiger charge is 2.07. The molecule has 0 unspecified atom stereocenters. The lowest BCUT2D eigenvalue weighted by molar-refractivity contribution is 0.827. The van der Waals surface area contributed by atoms with E-state index >= 15 is 0 Å². The van der Waals surface area contributed by atoms with Crippen molar-refractivity contribution >= 4 is 0 Å². The number of nitrogens with zero attached hydrogens (tertiary/aromatic N) is 3. The largest absolute Gasteiger partial charge is 0.330 e. The molecular weight excluding hydrogens is 200 g/mol. The molecule has 0 saturated carbocycles. The average Bonchev–Trinajstić information content (AvgIpc) is 2.67. The lowest BCUT2D eigenvalue weighted by Gasteiger charge is -2.09. The van der Waals surface area contributed by atoms with Crippen LogP contribution in [0.15, 0.2) is 24.5 Å². The first-order valence-electron chi connectivity index (χ1n) is 5.39. The standard InChI is InChI=1S/C12H16N4/c1-9-3-4-11(10(2)7-9)16-8-14-15-12(16)5-6-13/h3-4,7-8H,5-6,13H2,1-2H3. The molecule has 0 aliphatic rings. The molecule has 1 heterocycles. The first-order valence-corrected chi connectivity index (χ1v) is 5.39. The van der Waals surface area contributed by atoms with Crippen molar-refractivity contribution in [3.05, 3.63) is 41.5 Å². The summed E-state index contributed by atoms with van der Waals surface area (Å²) < 4.78 is 2.00. The van der Waals surface area contributed by atoms with Gasteiger partial charge in [-0.1, -0.05) is 17.7 Å². The molecule has 0 saturated heterocycles. The van der Waals surface area contributed by atoms with Crippen LogP contribution in [0.25, 0.3) is 5.69 Å². The van der Waals surface area contributed by atoms with Gasteiger partial charge in [0.2, 0.25) is 0 Å². The molecule has 1 aromatic carbocycles. The van der Waals surface area contributed by atoms with Gasteiger partial charge >= 0.3 is 0 Å². The van der Waals surface area contributed by atoms with E-state index in [0.717, 1.165) is 17.9 Å². The van der Waals surface area contributed by atoms with E-state index in [1.165, 1.54) is 11.1 Å². The van der Waals surface area contributed by atoms with Crippen molar-refractivity contribution in [1.29, 1.82) is 0 Å². The predicted octanol–water partition coefficient (Wildman–Crippen LogP) is 1.39. The van der Waals surface area contributed by atoms with Gasteiger partial charge in [0.1, 0.15) is 12.2 Å². The Hall–Kier alpha value is -1.68. The molecule has 0 radical (unpaired) electrons. The lowest BCUT2D eigenvalue weighted by atomic mass is 10.1. The smallest absolute Gasteiger partial charge is 0.138 e. The summed E-state index contributed by atoms with van der Waals surface area (Å²) in [6.45, 7) is 4.77. The molecular formula is C12H16N4. The molecule has 0 aliphatic heterocycles. The third-order valence-electron chi connectivity index (χ3n) is 2.60. The number of benzene rings is 1. The van der Waals surface area contributed by atoms with Gasteiger partial charge in [0.25, 0.3) is 0 Å². The van der Waals surface area contributed by atoms with Crippen LogP contribution in [-0.4, -0.2) is 21.3 Å². The third-order valence-corrected chi connectivity index (χ3v) is 2.60. The molecule has 0 amide bonds. The minimum absolute atomic E-state index is 0.587. The Morgan fingerprint density at radius 1 is 1.31 bits per heavy atom. The summed E-state index contributed by atoms with van der Waals surface area (Å²) in [5, 5.41) is 8.02. The van der Waals surface area contributed by atoms with E-state index in [2.05, 4.69) is 42.2 Å². The molecule has 2 N–H and O–H groups in total. The Labute approximate surface area is 95.1 Å². The number of rotatable bonds is 3. The lowest BCUT2D eigenvalue weighted by Crippen LogP contribution is -2.09. The monoisotopic (exact) mass is 216 g/mol. The Balaban J connectivity index is 2.46. The summed E-state index contributed by atoms with van der Waals surface area (Å²) in [5.74, 6) is 0.912. The van der Waals surface area contributed by atoms with Crippen molar-refractivity contribution in [3.63, 3.8) is 0 Å². The topological polar surface area (TPSA) is 56.7 Å². The second-order valence-electron chi connectivity index (χ2n) is 3.95. The van der Waals surface area contributed by atoms with Crippen LogP contribution in [0, 0.1) is 13.8 Å². The number of aromatic nitrogens is 3. The molecule has 0 spiro atoms. The number of nitrogens with two attached hydrogens (primary N) is 1. The summed E-state index contributed by atoms with van der Waals surface area (Å²) in [7, 11) is 0. The highest BCUT2D eigenvalue weighted by Crippen LogP contribution is 2.16. The van der Waals surface area contributed by atoms with Crippen LogP contribution in [0.3, 0.4) is 0 Å². The highest BCUT2D eigenvalue weighted by molar-refractivity contribution is 5.43. The summed E-state index contributed by atoms with van der Waals surface area (Å²) >= 11 is 0. The first-order chi connectivity index (χ1) is 7.72. The van der Waals surface area contributed by atoms with E-state index in [1.807, 2.05) is 4.57 Å². The summed E-state index contributed by atoms with van der Waals surface area (Å²) in [5.41, 5.74) is 9.15. The third kappa shape index (κ3) is 1.97. The predicted molar refractivity (Wildman–Crippen MR) is 63.6 cm³/mol. The van der Waals surface area contributed by atoms with Crippen LogP contribution in [0.4, 0.5) is 0 Å². The minimum atomic E-state index is 0.587. The Bertz CT molecular complexity index is 488. The average molecular weight is 216 g/mol. The maximum absolute atomic E-state index is 5.55. The van der Waals surface area contributed by atoms with Crippen molar-refractivity contribution in [2.45, 2.75) is 20.3 Å². The number of aryl methyl sites for hydroxylation is 2. The molecule has 2 aromatic rings. The van der Waals surface area contributed by atoms with Gasteiger partial charge in [0, 0.05) is 6.42 Å². The van der Waals surface area contributed by atoms with E-state index in [-0.39, 0.29) is 0 Å². The zero-order valence-corrected chi connectivity index (χ0v) is 9.64. The Morgan fingerprint density at radius 2 is 2.12 bits per heavy atom. The molecule has 4 nitrogen and oxygen atoms in total. The van der Waals surface area contributed by atoms with Crippen LogP contribution in [0.5, 0.6) is 0 Å². The molecule has 16 heavy (non-hydrogen) atoms. The van der Waals surface area contributed by atoms with Gasteiger partial charge in [0.15, 0.2) is 0 Å². The van der Waals surface area contributed by atoms with Gasteiger partial charge in [-0.3, -0.25) is 4.57 Å². The molecule has 0 atom stereocenters. The van der Waals surface area contributed by atoms with Gasteiger partial charge < -0.3 is 5.73 Å². The molecule has 1 aromatic heterocycles. The van der Waals surface area contributed by atoms with Gasteiger partial charge in [0.05, 0.1) is 5.69 Å². The fraction of sp³-hybridized carbons (Fsp3) is 0.333. The summed E-state index contributed by atoms with van der Waals surface area (Å²) in [6, 6.07) is 6.34. The zero-order valence-electron chi connectivity index (χ0n) is 9.64. The molecule has 84 valence electrons. The molecule has 0 aliphatic carbocycles. The second-order valence-corrected chi connectivity index (χ2v) is 3.95. The molecule has 0 fully saturated rings. The van der Waals surface area contributed by atoms with Crippen LogP contribution in [-0.2, 0) is 6.42 Å². The van der Waals surface area contributed by atoms with Gasteiger partial charge in [-0.25, -0.2) is 0 Å². The van der Waals surface area contributed by atoms with E-state index in [1.54, 1.807) is 6.33 Å². The van der Waals surface area contributed by atoms with E-state index < -0.39 is 0 Å². The van der Waals surface area contributed by atoms with E-state index in [9.17, 15) is 0 Å². The maximum atomic E-state index is 5.55. The van der Waals surface area contributed by atoms with Crippen molar-refractivity contribution < 1.29 is 0 Å².